The van der Waals surface area contributed by atoms with Crippen molar-refractivity contribution in [2.24, 2.45) is 23.7 Å². The Morgan fingerprint density at radius 3 is 1.49 bits per heavy atom. The SMILES string of the molecule is CC1CC2CC(C)C3(c4ccccc4-c4ccc(N(c5ccc6c(c5)C5(c7ccccc7-c7ccccc75)c5ccccc5-6)c5ccccc5-c5ccccc5)cc43)C(C1)C2. The zero-order valence-corrected chi connectivity index (χ0v) is 35.0. The van der Waals surface area contributed by atoms with Crippen molar-refractivity contribution in [3.05, 3.63) is 221 Å². The van der Waals surface area contributed by atoms with E-state index in [1.54, 1.807) is 11.1 Å². The van der Waals surface area contributed by atoms with Crippen LogP contribution in [0.1, 0.15) is 72.9 Å². The molecular weight excluding hydrogens is 735 g/mol. The van der Waals surface area contributed by atoms with Crippen LogP contribution in [-0.4, -0.2) is 0 Å². The molecule has 8 aromatic carbocycles. The summed E-state index contributed by atoms with van der Waals surface area (Å²) in [6.45, 7) is 5.11. The molecule has 2 bridgehead atoms. The van der Waals surface area contributed by atoms with Gasteiger partial charge in [0.1, 0.15) is 0 Å². The van der Waals surface area contributed by atoms with Gasteiger partial charge < -0.3 is 4.90 Å². The molecule has 5 aliphatic rings. The topological polar surface area (TPSA) is 3.24 Å². The number of anilines is 3. The Labute approximate surface area is 360 Å². The third-order valence-corrected chi connectivity index (χ3v) is 16.0. The Bertz CT molecular complexity index is 3000. The summed E-state index contributed by atoms with van der Waals surface area (Å²) in [5.41, 5.74) is 22.4. The minimum atomic E-state index is -0.422. The first-order valence-electron chi connectivity index (χ1n) is 22.7. The van der Waals surface area contributed by atoms with Crippen molar-refractivity contribution >= 4 is 17.1 Å². The summed E-state index contributed by atoms with van der Waals surface area (Å²) in [7, 11) is 0. The second kappa shape index (κ2) is 13.0. The highest BCUT2D eigenvalue weighted by atomic mass is 15.1. The summed E-state index contributed by atoms with van der Waals surface area (Å²) in [5, 5.41) is 0. The molecule has 0 radical (unpaired) electrons. The first kappa shape index (κ1) is 35.3. The van der Waals surface area contributed by atoms with Gasteiger partial charge in [-0.3, -0.25) is 0 Å². The summed E-state index contributed by atoms with van der Waals surface area (Å²) in [6.07, 6.45) is 5.32. The van der Waals surface area contributed by atoms with Crippen molar-refractivity contribution in [1.29, 1.82) is 0 Å². The van der Waals surface area contributed by atoms with Crippen LogP contribution in [-0.2, 0) is 10.8 Å². The molecule has 0 aromatic heterocycles. The largest absolute Gasteiger partial charge is 0.310 e. The molecule has 5 aliphatic carbocycles. The Morgan fingerprint density at radius 1 is 0.393 bits per heavy atom. The maximum absolute atomic E-state index is 2.64. The summed E-state index contributed by atoms with van der Waals surface area (Å²) >= 11 is 0. The highest BCUT2D eigenvalue weighted by molar-refractivity contribution is 5.97. The van der Waals surface area contributed by atoms with Gasteiger partial charge in [0.05, 0.1) is 11.1 Å². The Hall–Kier alpha value is -6.44. The van der Waals surface area contributed by atoms with Crippen LogP contribution >= 0.6 is 0 Å². The highest BCUT2D eigenvalue weighted by Gasteiger charge is 2.57. The van der Waals surface area contributed by atoms with Gasteiger partial charge in [-0.1, -0.05) is 172 Å². The smallest absolute Gasteiger partial charge is 0.0726 e. The van der Waals surface area contributed by atoms with Crippen LogP contribution in [0.3, 0.4) is 0 Å². The van der Waals surface area contributed by atoms with Crippen LogP contribution in [0.2, 0.25) is 0 Å². The maximum Gasteiger partial charge on any atom is 0.0726 e. The lowest BCUT2D eigenvalue weighted by Crippen LogP contribution is -2.49. The predicted molar refractivity (Wildman–Crippen MR) is 253 cm³/mol. The molecule has 2 spiro atoms. The fourth-order valence-corrected chi connectivity index (χ4v) is 14.0. The number of rotatable bonds is 4. The van der Waals surface area contributed by atoms with E-state index in [1.807, 2.05) is 0 Å². The molecule has 0 saturated heterocycles. The van der Waals surface area contributed by atoms with Crippen molar-refractivity contribution in [3.8, 4) is 44.5 Å². The number of hydrogen-bond acceptors (Lipinski definition) is 1. The third kappa shape index (κ3) is 4.67. The molecule has 2 saturated carbocycles. The minimum Gasteiger partial charge on any atom is -0.310 e. The molecule has 0 amide bonds. The van der Waals surface area contributed by atoms with E-state index >= 15 is 0 Å². The average molecular weight is 784 g/mol. The van der Waals surface area contributed by atoms with Gasteiger partial charge in [0.25, 0.3) is 0 Å². The van der Waals surface area contributed by atoms with Gasteiger partial charge in [0, 0.05) is 22.4 Å². The number of nitrogens with zero attached hydrogens (tertiary/aromatic N) is 1. The number of hydrogen-bond donors (Lipinski definition) is 0. The minimum absolute atomic E-state index is 0.00135. The molecule has 5 unspecified atom stereocenters. The van der Waals surface area contributed by atoms with Gasteiger partial charge in [-0.2, -0.15) is 0 Å². The van der Waals surface area contributed by atoms with E-state index in [2.05, 4.69) is 207 Å². The van der Waals surface area contributed by atoms with Crippen molar-refractivity contribution in [3.63, 3.8) is 0 Å². The van der Waals surface area contributed by atoms with Crippen molar-refractivity contribution in [2.75, 3.05) is 4.90 Å². The van der Waals surface area contributed by atoms with Crippen molar-refractivity contribution in [2.45, 2.75) is 50.4 Å². The van der Waals surface area contributed by atoms with Crippen LogP contribution in [0.15, 0.2) is 188 Å². The highest BCUT2D eigenvalue weighted by Crippen LogP contribution is 2.66. The quantitative estimate of drug-likeness (QED) is 0.172. The molecular formula is C60H49N. The number of para-hydroxylation sites is 1. The van der Waals surface area contributed by atoms with E-state index in [1.165, 1.54) is 110 Å². The van der Waals surface area contributed by atoms with Crippen LogP contribution in [0, 0.1) is 23.7 Å². The fraction of sp³-hybridized carbons (Fsp3) is 0.200. The van der Waals surface area contributed by atoms with Gasteiger partial charge in [-0.15, -0.1) is 0 Å². The molecule has 294 valence electrons. The van der Waals surface area contributed by atoms with E-state index in [-0.39, 0.29) is 5.41 Å². The lowest BCUT2D eigenvalue weighted by atomic mass is 9.49. The predicted octanol–water partition coefficient (Wildman–Crippen LogP) is 15.5. The van der Waals surface area contributed by atoms with Gasteiger partial charge in [0.15, 0.2) is 0 Å². The molecule has 0 heterocycles. The van der Waals surface area contributed by atoms with Gasteiger partial charge in [-0.25, -0.2) is 0 Å². The Morgan fingerprint density at radius 2 is 0.869 bits per heavy atom. The lowest BCUT2D eigenvalue weighted by Gasteiger charge is -2.54. The second-order valence-corrected chi connectivity index (χ2v) is 19.0. The molecule has 1 heteroatoms. The second-order valence-electron chi connectivity index (χ2n) is 19.0. The average Bonchev–Trinajstić information content (AvgIpc) is 3.89. The van der Waals surface area contributed by atoms with E-state index in [0.717, 1.165) is 11.8 Å². The van der Waals surface area contributed by atoms with Gasteiger partial charge >= 0.3 is 0 Å². The van der Waals surface area contributed by atoms with Crippen LogP contribution in [0.4, 0.5) is 17.1 Å². The monoisotopic (exact) mass is 783 g/mol. The maximum atomic E-state index is 2.64. The Kier molecular flexibility index (Phi) is 7.55. The molecule has 1 nitrogen and oxygen atoms in total. The van der Waals surface area contributed by atoms with Crippen molar-refractivity contribution in [1.82, 2.24) is 0 Å². The van der Waals surface area contributed by atoms with E-state index in [0.29, 0.717) is 11.8 Å². The van der Waals surface area contributed by atoms with Gasteiger partial charge in [0.2, 0.25) is 0 Å². The summed E-state index contributed by atoms with van der Waals surface area (Å²) in [4.78, 5) is 2.60. The zero-order chi connectivity index (χ0) is 40.5. The van der Waals surface area contributed by atoms with Crippen LogP contribution < -0.4 is 4.90 Å². The Balaban J connectivity index is 1.08. The molecule has 0 N–H and O–H groups in total. The molecule has 5 atom stereocenters. The first-order valence-corrected chi connectivity index (χ1v) is 22.7. The molecule has 2 fully saturated rings. The summed E-state index contributed by atoms with van der Waals surface area (Å²) in [5.74, 6) is 2.79. The zero-order valence-electron chi connectivity index (χ0n) is 35.0. The standard InChI is InChI=1S/C60H49N/c1-38-32-40-34-39(2)59(42(33-38)35-40)52-23-11-6-21-48(52)50-30-28-43(36-56(50)59)61(58-27-15-10-18-45(58)41-16-4-3-5-17-41)44-29-31-51-49-22-9-14-26-55(49)60(57(51)37-44)53-24-12-7-19-46(53)47-20-8-13-25-54(47)60/h3-31,36-40,42H,32-35H2,1-2H3. The fourth-order valence-electron chi connectivity index (χ4n) is 14.0. The third-order valence-electron chi connectivity index (χ3n) is 16.0. The van der Waals surface area contributed by atoms with Gasteiger partial charge in [-0.05, 0) is 152 Å². The summed E-state index contributed by atoms with van der Waals surface area (Å²) in [6, 6.07) is 71.9. The number of benzene rings is 8. The van der Waals surface area contributed by atoms with E-state index in [4.69, 9.17) is 0 Å². The lowest BCUT2D eigenvalue weighted by molar-refractivity contribution is 0.0426. The molecule has 0 aliphatic heterocycles. The summed E-state index contributed by atoms with van der Waals surface area (Å²) < 4.78 is 0. The molecule has 8 aromatic rings. The van der Waals surface area contributed by atoms with E-state index in [9.17, 15) is 0 Å². The van der Waals surface area contributed by atoms with E-state index < -0.39 is 5.41 Å². The molecule has 13 rings (SSSR count). The van der Waals surface area contributed by atoms with Crippen LogP contribution in [0.25, 0.3) is 44.5 Å². The van der Waals surface area contributed by atoms with Crippen molar-refractivity contribution < 1.29 is 0 Å². The normalized spacial score (nSPS) is 22.9. The van der Waals surface area contributed by atoms with Crippen LogP contribution in [0.5, 0.6) is 0 Å². The molecule has 61 heavy (non-hydrogen) atoms. The first-order chi connectivity index (χ1) is 30.1. The number of fused-ring (bicyclic) bond motifs is 18.